The van der Waals surface area contributed by atoms with Crippen molar-refractivity contribution >= 4 is 35.0 Å². The second-order valence-electron chi connectivity index (χ2n) is 4.62. The molecule has 2 rings (SSSR count). The number of nitrogens with two attached hydrogens (primary N) is 1. The maximum absolute atomic E-state index is 7.87. The summed E-state index contributed by atoms with van der Waals surface area (Å²) in [5.74, 6) is 1.32. The van der Waals surface area contributed by atoms with E-state index >= 15 is 0 Å². The highest BCUT2D eigenvalue weighted by molar-refractivity contribution is 8.00. The molecule has 1 aromatic carbocycles. The molecule has 0 spiro atoms. The molecule has 19 heavy (non-hydrogen) atoms. The lowest BCUT2D eigenvalue weighted by Gasteiger charge is -2.35. The number of hydrogen-bond donors (Lipinski definition) is 2. The number of nitrogen functional groups attached to an aromatic ring is 1. The Morgan fingerprint density at radius 2 is 2.37 bits per heavy atom. The smallest absolute Gasteiger partial charge is 0.126 e. The largest absolute Gasteiger partial charge is 0.384 e. The topological polar surface area (TPSA) is 53.1 Å². The molecule has 3 N–H and O–H groups in total. The Kier molecular flexibility index (Phi) is 5.05. The predicted octanol–water partition coefficient (Wildman–Crippen LogP) is 3.02. The SMILES string of the molecule is CCC1CN(c2cccc(SC)c2C(=N)N)CCS1. The number of benzene rings is 1. The number of rotatable bonds is 4. The molecule has 0 amide bonds. The molecule has 1 aliphatic rings. The summed E-state index contributed by atoms with van der Waals surface area (Å²) in [6, 6.07) is 6.20. The van der Waals surface area contributed by atoms with Crippen LogP contribution in [-0.2, 0) is 0 Å². The Bertz CT molecular complexity index is 462. The van der Waals surface area contributed by atoms with Crippen LogP contribution in [0.5, 0.6) is 0 Å². The summed E-state index contributed by atoms with van der Waals surface area (Å²) in [4.78, 5) is 3.48. The van der Waals surface area contributed by atoms with Gasteiger partial charge in [0.1, 0.15) is 5.84 Å². The molecule has 1 fully saturated rings. The van der Waals surface area contributed by atoms with Crippen molar-refractivity contribution in [2.24, 2.45) is 5.73 Å². The lowest BCUT2D eigenvalue weighted by atomic mass is 10.1. The third kappa shape index (κ3) is 3.20. The Balaban J connectivity index is 2.35. The van der Waals surface area contributed by atoms with Crippen LogP contribution in [0, 0.1) is 5.41 Å². The van der Waals surface area contributed by atoms with Gasteiger partial charge in [0.05, 0.1) is 5.56 Å². The fourth-order valence-corrected chi connectivity index (χ4v) is 4.22. The zero-order chi connectivity index (χ0) is 13.8. The molecule has 1 saturated heterocycles. The number of thioether (sulfide) groups is 2. The standard InChI is InChI=1S/C14H21N3S2/c1-3-10-9-17(7-8-19-10)11-5-4-6-12(18-2)13(11)14(15)16/h4-6,10H,3,7-9H2,1-2H3,(H3,15,16). The van der Waals surface area contributed by atoms with E-state index in [1.54, 1.807) is 11.8 Å². The minimum Gasteiger partial charge on any atom is -0.384 e. The summed E-state index contributed by atoms with van der Waals surface area (Å²) in [6.07, 6.45) is 3.23. The Morgan fingerprint density at radius 1 is 1.58 bits per heavy atom. The molecule has 0 saturated carbocycles. The second kappa shape index (κ2) is 6.57. The second-order valence-corrected chi connectivity index (χ2v) is 6.87. The van der Waals surface area contributed by atoms with Gasteiger partial charge in [0.25, 0.3) is 0 Å². The van der Waals surface area contributed by atoms with Crippen molar-refractivity contribution in [1.29, 1.82) is 5.41 Å². The van der Waals surface area contributed by atoms with Gasteiger partial charge in [-0.1, -0.05) is 13.0 Å². The van der Waals surface area contributed by atoms with Crippen LogP contribution in [0.4, 0.5) is 5.69 Å². The molecule has 1 aliphatic heterocycles. The Labute approximate surface area is 123 Å². The maximum atomic E-state index is 7.87. The van der Waals surface area contributed by atoms with Crippen molar-refractivity contribution in [2.45, 2.75) is 23.5 Å². The molecule has 3 nitrogen and oxygen atoms in total. The first kappa shape index (κ1) is 14.6. The lowest BCUT2D eigenvalue weighted by Crippen LogP contribution is -2.38. The van der Waals surface area contributed by atoms with E-state index in [1.165, 1.54) is 6.42 Å². The molecule has 1 aromatic rings. The molecule has 1 atom stereocenters. The van der Waals surface area contributed by atoms with E-state index in [9.17, 15) is 0 Å². The highest BCUT2D eigenvalue weighted by Gasteiger charge is 2.22. The van der Waals surface area contributed by atoms with Gasteiger partial charge in [-0.2, -0.15) is 11.8 Å². The first-order valence-electron chi connectivity index (χ1n) is 6.55. The van der Waals surface area contributed by atoms with Crippen molar-refractivity contribution in [2.75, 3.05) is 30.0 Å². The summed E-state index contributed by atoms with van der Waals surface area (Å²) >= 11 is 3.71. The van der Waals surface area contributed by atoms with E-state index in [0.717, 1.165) is 35.0 Å². The Morgan fingerprint density at radius 3 is 3.00 bits per heavy atom. The average molecular weight is 295 g/mol. The fourth-order valence-electron chi connectivity index (χ4n) is 2.41. The van der Waals surface area contributed by atoms with Gasteiger partial charge in [-0.25, -0.2) is 0 Å². The molecule has 0 bridgehead atoms. The van der Waals surface area contributed by atoms with Crippen molar-refractivity contribution in [3.05, 3.63) is 23.8 Å². The fraction of sp³-hybridized carbons (Fsp3) is 0.500. The van der Waals surface area contributed by atoms with Crippen molar-refractivity contribution < 1.29 is 0 Å². The van der Waals surface area contributed by atoms with Crippen LogP contribution in [0.25, 0.3) is 0 Å². The van der Waals surface area contributed by atoms with Crippen LogP contribution < -0.4 is 10.6 Å². The third-order valence-electron chi connectivity index (χ3n) is 3.43. The van der Waals surface area contributed by atoms with Gasteiger partial charge in [-0.3, -0.25) is 5.41 Å². The van der Waals surface area contributed by atoms with Crippen LogP contribution >= 0.6 is 23.5 Å². The van der Waals surface area contributed by atoms with E-state index in [0.29, 0.717) is 5.25 Å². The number of nitrogens with one attached hydrogen (secondary N) is 1. The van der Waals surface area contributed by atoms with E-state index < -0.39 is 0 Å². The number of hydrogen-bond acceptors (Lipinski definition) is 4. The Hall–Kier alpha value is -0.810. The summed E-state index contributed by atoms with van der Waals surface area (Å²) in [7, 11) is 0. The molecular formula is C14H21N3S2. The van der Waals surface area contributed by atoms with Crippen molar-refractivity contribution in [1.82, 2.24) is 0 Å². The van der Waals surface area contributed by atoms with Crippen LogP contribution in [0.2, 0.25) is 0 Å². The number of anilines is 1. The molecule has 0 aliphatic carbocycles. The summed E-state index contributed by atoms with van der Waals surface area (Å²) in [5.41, 5.74) is 7.83. The van der Waals surface area contributed by atoms with Gasteiger partial charge in [-0.15, -0.1) is 11.8 Å². The van der Waals surface area contributed by atoms with Gasteiger partial charge in [0.15, 0.2) is 0 Å². The quantitative estimate of drug-likeness (QED) is 0.509. The van der Waals surface area contributed by atoms with Crippen molar-refractivity contribution in [3.63, 3.8) is 0 Å². The van der Waals surface area contributed by atoms with Crippen LogP contribution in [0.1, 0.15) is 18.9 Å². The van der Waals surface area contributed by atoms with E-state index in [-0.39, 0.29) is 5.84 Å². The van der Waals surface area contributed by atoms with Gasteiger partial charge in [-0.05, 0) is 24.8 Å². The van der Waals surface area contributed by atoms with Gasteiger partial charge in [0, 0.05) is 34.7 Å². The molecule has 1 unspecified atom stereocenters. The van der Waals surface area contributed by atoms with Gasteiger partial charge < -0.3 is 10.6 Å². The summed E-state index contributed by atoms with van der Waals surface area (Å²) in [6.45, 7) is 4.34. The highest BCUT2D eigenvalue weighted by atomic mass is 32.2. The van der Waals surface area contributed by atoms with E-state index in [1.807, 2.05) is 12.3 Å². The molecule has 0 radical (unpaired) electrons. The lowest BCUT2D eigenvalue weighted by molar-refractivity contribution is 0.727. The van der Waals surface area contributed by atoms with Crippen LogP contribution in [0.15, 0.2) is 23.1 Å². The maximum Gasteiger partial charge on any atom is 0.126 e. The van der Waals surface area contributed by atoms with Crippen LogP contribution in [0.3, 0.4) is 0 Å². The highest BCUT2D eigenvalue weighted by Crippen LogP contribution is 2.32. The van der Waals surface area contributed by atoms with Crippen molar-refractivity contribution in [3.8, 4) is 0 Å². The average Bonchev–Trinajstić information content (AvgIpc) is 2.46. The first-order chi connectivity index (χ1) is 9.17. The molecular weight excluding hydrogens is 274 g/mol. The molecule has 1 heterocycles. The van der Waals surface area contributed by atoms with Gasteiger partial charge in [0.2, 0.25) is 0 Å². The minimum absolute atomic E-state index is 0.172. The molecule has 104 valence electrons. The van der Waals surface area contributed by atoms with E-state index in [2.05, 4.69) is 35.7 Å². The third-order valence-corrected chi connectivity index (χ3v) is 5.58. The minimum atomic E-state index is 0.172. The van der Waals surface area contributed by atoms with E-state index in [4.69, 9.17) is 11.1 Å². The number of nitrogens with zero attached hydrogens (tertiary/aromatic N) is 1. The first-order valence-corrected chi connectivity index (χ1v) is 8.82. The van der Waals surface area contributed by atoms with Gasteiger partial charge >= 0.3 is 0 Å². The van der Waals surface area contributed by atoms with Crippen LogP contribution in [-0.4, -0.2) is 36.2 Å². The molecule has 5 heteroatoms. The number of amidine groups is 1. The zero-order valence-corrected chi connectivity index (χ0v) is 13.1. The zero-order valence-electron chi connectivity index (χ0n) is 11.5. The summed E-state index contributed by atoms with van der Waals surface area (Å²) in [5, 5.41) is 8.55. The normalized spacial score (nSPS) is 19.5. The molecule has 0 aromatic heterocycles. The monoisotopic (exact) mass is 295 g/mol. The predicted molar refractivity (Wildman–Crippen MR) is 88.0 cm³/mol. The summed E-state index contributed by atoms with van der Waals surface area (Å²) < 4.78 is 0.